The molecule has 1 aromatic heterocycles. The van der Waals surface area contributed by atoms with Crippen molar-refractivity contribution in [2.45, 2.75) is 25.4 Å². The molecule has 1 amide bonds. The number of aromatic nitrogens is 2. The van der Waals surface area contributed by atoms with E-state index in [9.17, 15) is 4.79 Å². The Morgan fingerprint density at radius 3 is 3.19 bits per heavy atom. The maximum Gasteiger partial charge on any atom is 0.223 e. The van der Waals surface area contributed by atoms with E-state index in [2.05, 4.69) is 27.0 Å². The number of hydrogen-bond acceptors (Lipinski definition) is 3. The molecule has 108 valence electrons. The molecular weight excluding hydrogens is 264 g/mol. The summed E-state index contributed by atoms with van der Waals surface area (Å²) in [7, 11) is 0. The molecule has 2 aliphatic rings. The van der Waals surface area contributed by atoms with Crippen molar-refractivity contribution in [2.75, 3.05) is 18.4 Å². The summed E-state index contributed by atoms with van der Waals surface area (Å²) in [5, 5.41) is 3.38. The Balaban J connectivity index is 1.46. The minimum atomic E-state index is 0.229. The normalized spacial score (nSPS) is 19.8. The van der Waals surface area contributed by atoms with Gasteiger partial charge in [-0.15, -0.1) is 0 Å². The minimum Gasteiger partial charge on any atom is -0.384 e. The highest BCUT2D eigenvalue weighted by Gasteiger charge is 2.28. The van der Waals surface area contributed by atoms with E-state index in [1.807, 2.05) is 23.2 Å². The first kappa shape index (κ1) is 12.4. The summed E-state index contributed by atoms with van der Waals surface area (Å²) in [6.45, 7) is 3.12. The molecule has 4 rings (SSSR count). The Labute approximate surface area is 123 Å². The lowest BCUT2D eigenvalue weighted by atomic mass is 9.97. The second-order valence-corrected chi connectivity index (χ2v) is 5.72. The monoisotopic (exact) mass is 282 g/mol. The number of nitrogens with zero attached hydrogens (tertiary/aromatic N) is 3. The van der Waals surface area contributed by atoms with Crippen molar-refractivity contribution in [3.05, 3.63) is 48.0 Å². The Kier molecular flexibility index (Phi) is 2.91. The Hall–Kier alpha value is -2.30. The second kappa shape index (κ2) is 4.91. The van der Waals surface area contributed by atoms with Gasteiger partial charge in [0.1, 0.15) is 5.82 Å². The lowest BCUT2D eigenvalue weighted by molar-refractivity contribution is -0.133. The van der Waals surface area contributed by atoms with Crippen LogP contribution in [0.25, 0.3) is 0 Å². The lowest BCUT2D eigenvalue weighted by Crippen LogP contribution is -2.38. The number of imidazole rings is 1. The molecule has 21 heavy (non-hydrogen) atoms. The van der Waals surface area contributed by atoms with Crippen LogP contribution in [0.1, 0.15) is 23.7 Å². The van der Waals surface area contributed by atoms with Crippen LogP contribution in [0.4, 0.5) is 5.69 Å². The van der Waals surface area contributed by atoms with Crippen molar-refractivity contribution in [1.82, 2.24) is 14.5 Å². The van der Waals surface area contributed by atoms with E-state index < -0.39 is 0 Å². The maximum absolute atomic E-state index is 12.6. The smallest absolute Gasteiger partial charge is 0.223 e. The molecule has 0 aliphatic carbocycles. The molecule has 1 N–H and O–H groups in total. The number of para-hydroxylation sites is 1. The second-order valence-electron chi connectivity index (χ2n) is 5.72. The molecule has 0 saturated heterocycles. The molecule has 2 aliphatic heterocycles. The zero-order chi connectivity index (χ0) is 14.2. The van der Waals surface area contributed by atoms with Crippen molar-refractivity contribution in [2.24, 2.45) is 0 Å². The van der Waals surface area contributed by atoms with Gasteiger partial charge < -0.3 is 14.8 Å². The molecule has 5 nitrogen and oxygen atoms in total. The number of carbonyl (C=O) groups excluding carboxylic acids is 1. The Morgan fingerprint density at radius 2 is 2.24 bits per heavy atom. The quantitative estimate of drug-likeness (QED) is 0.914. The van der Waals surface area contributed by atoms with Gasteiger partial charge in [0, 0.05) is 50.1 Å². The first-order chi connectivity index (χ1) is 10.3. The third-order valence-corrected chi connectivity index (χ3v) is 4.46. The van der Waals surface area contributed by atoms with Gasteiger partial charge in [-0.3, -0.25) is 4.79 Å². The van der Waals surface area contributed by atoms with Crippen LogP contribution >= 0.6 is 0 Å². The van der Waals surface area contributed by atoms with Gasteiger partial charge in [0.15, 0.2) is 0 Å². The van der Waals surface area contributed by atoms with Gasteiger partial charge >= 0.3 is 0 Å². The summed E-state index contributed by atoms with van der Waals surface area (Å²) in [5.41, 5.74) is 2.44. The highest BCUT2D eigenvalue weighted by molar-refractivity contribution is 5.78. The number of benzene rings is 1. The van der Waals surface area contributed by atoms with Gasteiger partial charge in [0.2, 0.25) is 5.91 Å². The third kappa shape index (κ3) is 2.18. The zero-order valence-corrected chi connectivity index (χ0v) is 11.8. The van der Waals surface area contributed by atoms with Crippen LogP contribution in [0.3, 0.4) is 0 Å². The van der Waals surface area contributed by atoms with Gasteiger partial charge in [-0.05, 0) is 11.6 Å². The number of nitrogens with one attached hydrogen (secondary N) is 1. The van der Waals surface area contributed by atoms with Crippen LogP contribution in [-0.4, -0.2) is 33.4 Å². The number of fused-ring (bicyclic) bond motifs is 2. The summed E-state index contributed by atoms with van der Waals surface area (Å²) in [5.74, 6) is 1.50. The topological polar surface area (TPSA) is 50.2 Å². The van der Waals surface area contributed by atoms with E-state index in [0.717, 1.165) is 25.5 Å². The van der Waals surface area contributed by atoms with Gasteiger partial charge in [-0.25, -0.2) is 4.98 Å². The number of carbonyl (C=O) groups is 1. The van der Waals surface area contributed by atoms with Crippen LogP contribution in [0, 0.1) is 0 Å². The summed E-state index contributed by atoms with van der Waals surface area (Å²) in [6.07, 6.45) is 4.36. The van der Waals surface area contributed by atoms with E-state index in [-0.39, 0.29) is 11.8 Å². The molecule has 0 saturated carbocycles. The number of rotatable bonds is 2. The molecule has 2 aromatic rings. The van der Waals surface area contributed by atoms with E-state index in [0.29, 0.717) is 13.0 Å². The minimum absolute atomic E-state index is 0.229. The third-order valence-electron chi connectivity index (χ3n) is 4.46. The predicted molar refractivity (Wildman–Crippen MR) is 79.9 cm³/mol. The highest BCUT2D eigenvalue weighted by atomic mass is 16.2. The van der Waals surface area contributed by atoms with Gasteiger partial charge in [0.25, 0.3) is 0 Å². The molecular formula is C16H18N4O. The van der Waals surface area contributed by atoms with Crippen molar-refractivity contribution >= 4 is 11.6 Å². The van der Waals surface area contributed by atoms with Crippen LogP contribution in [-0.2, 0) is 17.9 Å². The lowest BCUT2D eigenvalue weighted by Gasteiger charge is -2.28. The fourth-order valence-corrected chi connectivity index (χ4v) is 3.27. The number of anilines is 1. The average molecular weight is 282 g/mol. The highest BCUT2D eigenvalue weighted by Crippen LogP contribution is 2.33. The molecule has 1 atom stereocenters. The summed E-state index contributed by atoms with van der Waals surface area (Å²) in [4.78, 5) is 18.8. The average Bonchev–Trinajstić information content (AvgIpc) is 3.13. The molecule has 1 unspecified atom stereocenters. The zero-order valence-electron chi connectivity index (χ0n) is 11.8. The number of hydrogen-bond donors (Lipinski definition) is 1. The van der Waals surface area contributed by atoms with Crippen molar-refractivity contribution in [3.63, 3.8) is 0 Å². The van der Waals surface area contributed by atoms with Gasteiger partial charge in [0.05, 0.1) is 6.54 Å². The van der Waals surface area contributed by atoms with E-state index in [1.165, 1.54) is 11.3 Å². The van der Waals surface area contributed by atoms with Crippen LogP contribution in [0.2, 0.25) is 0 Å². The standard InChI is InChI=1S/C16H18N4O/c21-16(20-8-7-19-6-5-17-15(19)11-20)9-12-10-18-14-4-2-1-3-13(12)14/h1-6,12,18H,7-11H2. The van der Waals surface area contributed by atoms with Crippen molar-refractivity contribution in [3.8, 4) is 0 Å². The maximum atomic E-state index is 12.6. The van der Waals surface area contributed by atoms with Crippen LogP contribution < -0.4 is 5.32 Å². The molecule has 0 fully saturated rings. The van der Waals surface area contributed by atoms with Crippen molar-refractivity contribution in [1.29, 1.82) is 0 Å². The Bertz CT molecular complexity index is 678. The van der Waals surface area contributed by atoms with Crippen molar-refractivity contribution < 1.29 is 4.79 Å². The van der Waals surface area contributed by atoms with Gasteiger partial charge in [-0.2, -0.15) is 0 Å². The van der Waals surface area contributed by atoms with Crippen LogP contribution in [0.5, 0.6) is 0 Å². The molecule has 0 bridgehead atoms. The van der Waals surface area contributed by atoms with E-state index in [1.54, 1.807) is 6.20 Å². The molecule has 3 heterocycles. The van der Waals surface area contributed by atoms with E-state index >= 15 is 0 Å². The Morgan fingerprint density at radius 1 is 1.33 bits per heavy atom. The summed E-state index contributed by atoms with van der Waals surface area (Å²) < 4.78 is 2.12. The van der Waals surface area contributed by atoms with E-state index in [4.69, 9.17) is 0 Å². The first-order valence-electron chi connectivity index (χ1n) is 7.42. The van der Waals surface area contributed by atoms with Crippen LogP contribution in [0.15, 0.2) is 36.7 Å². The molecule has 5 heteroatoms. The molecule has 0 spiro atoms. The SMILES string of the molecule is O=C(CC1CNc2ccccc21)N1CCn2ccnc2C1. The summed E-state index contributed by atoms with van der Waals surface area (Å²) in [6, 6.07) is 8.27. The predicted octanol–water partition coefficient (Wildman–Crippen LogP) is 1.82. The fraction of sp³-hybridized carbons (Fsp3) is 0.375. The number of amides is 1. The molecule has 1 aromatic carbocycles. The largest absolute Gasteiger partial charge is 0.384 e. The molecule has 0 radical (unpaired) electrons. The fourth-order valence-electron chi connectivity index (χ4n) is 3.27. The summed E-state index contributed by atoms with van der Waals surface area (Å²) >= 11 is 0. The first-order valence-corrected chi connectivity index (χ1v) is 7.42. The van der Waals surface area contributed by atoms with Gasteiger partial charge in [-0.1, -0.05) is 18.2 Å².